The Kier molecular flexibility index (Phi) is 46.2. The fourth-order valence-corrected chi connectivity index (χ4v) is 0. The van der Waals surface area contributed by atoms with Gasteiger partial charge in [-0.3, -0.25) is 9.11 Å². The fourth-order valence-electron chi connectivity index (χ4n) is 0. The van der Waals surface area contributed by atoms with E-state index in [0.717, 1.165) is 0 Å². The van der Waals surface area contributed by atoms with E-state index in [-0.39, 0.29) is 128 Å². The molecule has 0 aromatic carbocycles. The van der Waals surface area contributed by atoms with Gasteiger partial charge in [-0.25, -0.2) is 0 Å². The van der Waals surface area contributed by atoms with Gasteiger partial charge >= 0.3 is 113 Å². The van der Waals surface area contributed by atoms with E-state index < -0.39 is 10.4 Å². The van der Waals surface area contributed by atoms with Crippen LogP contribution in [0.4, 0.5) is 0 Å². The Hall–Kier alpha value is 3.62. The van der Waals surface area contributed by atoms with Gasteiger partial charge in [-0.2, -0.15) is 8.42 Å². The van der Waals surface area contributed by atoms with Gasteiger partial charge < -0.3 is 8.33 Å². The first kappa shape index (κ1) is 29.3. The standard InChI is InChI=1S/Fe.2K.H2O4S.H2O.2H/c;;;1-5(2,3)4;;;/h;;;(H2,1,2,3,4);1H2;;/q;2*+1;;;2*-1. The molecule has 0 aromatic heterocycles. The molecule has 0 bridgehead atoms. The van der Waals surface area contributed by atoms with Gasteiger partial charge in [0.1, 0.15) is 0 Å². The molecule has 0 rings (SSSR count). The van der Waals surface area contributed by atoms with Crippen molar-refractivity contribution in [3.8, 4) is 0 Å². The van der Waals surface area contributed by atoms with Crippen molar-refractivity contribution in [2.24, 2.45) is 0 Å². The fraction of sp³-hybridized carbons (Fsp3) is 0. The monoisotopic (exact) mass is 252 g/mol. The second-order valence-corrected chi connectivity index (χ2v) is 1.34. The maximum Gasteiger partial charge on any atom is 1.00 e. The van der Waals surface area contributed by atoms with Crippen LogP contribution in [-0.4, -0.2) is 23.0 Å². The first-order valence-corrected chi connectivity index (χ1v) is 2.10. The van der Waals surface area contributed by atoms with Crippen molar-refractivity contribution in [2.45, 2.75) is 0 Å². The first-order chi connectivity index (χ1) is 2.00. The SMILES string of the molecule is O.O=S(=O)(O)O.[Fe].[H-].[H-].[K+].[K+]. The van der Waals surface area contributed by atoms with Gasteiger partial charge in [0.05, 0.1) is 0 Å². The molecule has 52 valence electrons. The molecule has 0 unspecified atom stereocenters. The van der Waals surface area contributed by atoms with Gasteiger partial charge in [-0.05, 0) is 0 Å². The van der Waals surface area contributed by atoms with E-state index in [9.17, 15) is 0 Å². The smallest absolute Gasteiger partial charge is 1.00 e. The molecule has 0 fully saturated rings. The minimum atomic E-state index is -4.67. The Morgan fingerprint density at radius 1 is 1.11 bits per heavy atom. The molecule has 0 saturated carbocycles. The van der Waals surface area contributed by atoms with Crippen LogP contribution < -0.4 is 103 Å². The Balaban J connectivity index is -0.00000000533. The van der Waals surface area contributed by atoms with Crippen LogP contribution in [-0.2, 0) is 27.5 Å². The average Bonchev–Trinajstić information content (AvgIpc) is 0.722. The van der Waals surface area contributed by atoms with Crippen LogP contribution in [0.1, 0.15) is 2.85 Å². The number of hydrogen-bond donors (Lipinski definition) is 2. The molecule has 4 N–H and O–H groups in total. The van der Waals surface area contributed by atoms with E-state index in [0.29, 0.717) is 0 Å². The van der Waals surface area contributed by atoms with Crippen LogP contribution in [0.25, 0.3) is 0 Å². The van der Waals surface area contributed by atoms with Gasteiger partial charge in [0.15, 0.2) is 0 Å². The van der Waals surface area contributed by atoms with Crippen molar-refractivity contribution in [3.63, 3.8) is 0 Å². The van der Waals surface area contributed by atoms with E-state index in [1.54, 1.807) is 0 Å². The van der Waals surface area contributed by atoms with Crippen LogP contribution in [0.3, 0.4) is 0 Å². The summed E-state index contributed by atoms with van der Waals surface area (Å²) in [6.45, 7) is 0. The molecule has 5 nitrogen and oxygen atoms in total. The summed E-state index contributed by atoms with van der Waals surface area (Å²) in [6.07, 6.45) is 0. The van der Waals surface area contributed by atoms with E-state index >= 15 is 0 Å². The van der Waals surface area contributed by atoms with Crippen molar-refractivity contribution in [2.75, 3.05) is 0 Å². The van der Waals surface area contributed by atoms with E-state index in [1.807, 2.05) is 0 Å². The van der Waals surface area contributed by atoms with Crippen molar-refractivity contribution in [1.29, 1.82) is 0 Å². The molecule has 0 atom stereocenters. The second kappa shape index (κ2) is 14.2. The summed E-state index contributed by atoms with van der Waals surface area (Å²) >= 11 is 0. The molecule has 9 heavy (non-hydrogen) atoms. The average molecular weight is 252 g/mol. The van der Waals surface area contributed by atoms with Crippen LogP contribution in [0, 0.1) is 0 Å². The molecule has 0 saturated heterocycles. The Labute approximate surface area is 152 Å². The van der Waals surface area contributed by atoms with Crippen molar-refractivity contribution >= 4 is 10.4 Å². The molecule has 0 heterocycles. The maximum atomic E-state index is 8.74. The molecule has 0 aromatic rings. The summed E-state index contributed by atoms with van der Waals surface area (Å²) in [6, 6.07) is 0. The summed E-state index contributed by atoms with van der Waals surface area (Å²) in [4.78, 5) is 0. The third-order valence-electron chi connectivity index (χ3n) is 0. The van der Waals surface area contributed by atoms with Gasteiger partial charge in [0.2, 0.25) is 0 Å². The summed E-state index contributed by atoms with van der Waals surface area (Å²) < 4.78 is 31.6. The molecule has 0 radical (unpaired) electrons. The minimum absolute atomic E-state index is 0. The van der Waals surface area contributed by atoms with Crippen molar-refractivity contribution in [3.05, 3.63) is 0 Å². The molecular weight excluding hydrogens is 246 g/mol. The largest absolute Gasteiger partial charge is 1.00 e. The Morgan fingerprint density at radius 2 is 1.11 bits per heavy atom. The minimum Gasteiger partial charge on any atom is -1.00 e. The van der Waals surface area contributed by atoms with E-state index in [2.05, 4.69) is 0 Å². The predicted octanol–water partition coefficient (Wildman–Crippen LogP) is -7.25. The molecule has 0 amide bonds. The van der Waals surface area contributed by atoms with Crippen LogP contribution in [0.15, 0.2) is 0 Å². The van der Waals surface area contributed by atoms with Gasteiger partial charge in [0.25, 0.3) is 0 Å². The molecule has 0 aliphatic rings. The van der Waals surface area contributed by atoms with Crippen molar-refractivity contribution in [1.82, 2.24) is 0 Å². The topological polar surface area (TPSA) is 106 Å². The van der Waals surface area contributed by atoms with Crippen LogP contribution in [0.2, 0.25) is 0 Å². The molecule has 0 aliphatic heterocycles. The summed E-state index contributed by atoms with van der Waals surface area (Å²) in [5.74, 6) is 0. The third kappa shape index (κ3) is 82.0. The van der Waals surface area contributed by atoms with Gasteiger partial charge in [-0.15, -0.1) is 0 Å². The second-order valence-electron chi connectivity index (χ2n) is 0.448. The van der Waals surface area contributed by atoms with E-state index in [1.165, 1.54) is 0 Å². The molecule has 9 heteroatoms. The molecule has 0 aliphatic carbocycles. The molecular formula is H6FeK2O5S. The first-order valence-electron chi connectivity index (χ1n) is 0.698. The van der Waals surface area contributed by atoms with E-state index in [4.69, 9.17) is 17.5 Å². The Bertz CT molecular complexity index is 106. The van der Waals surface area contributed by atoms with Crippen molar-refractivity contribution < 1.29 is 146 Å². The van der Waals surface area contributed by atoms with Crippen LogP contribution >= 0.6 is 0 Å². The third-order valence-corrected chi connectivity index (χ3v) is 0. The van der Waals surface area contributed by atoms with Gasteiger partial charge in [0, 0.05) is 17.1 Å². The summed E-state index contributed by atoms with van der Waals surface area (Å²) in [5, 5.41) is 0. The normalized spacial score (nSPS) is 6.44. The zero-order valence-corrected chi connectivity index (χ0v) is 13.1. The predicted molar refractivity (Wildman–Crippen MR) is 20.0 cm³/mol. The zero-order chi connectivity index (χ0) is 4.50. The van der Waals surface area contributed by atoms with Gasteiger partial charge in [-0.1, -0.05) is 0 Å². The number of rotatable bonds is 0. The quantitative estimate of drug-likeness (QED) is 0.330. The summed E-state index contributed by atoms with van der Waals surface area (Å²) in [7, 11) is -4.67. The zero-order valence-electron chi connectivity index (χ0n) is 6.97. The Morgan fingerprint density at radius 3 is 1.11 bits per heavy atom. The molecule has 0 spiro atoms. The van der Waals surface area contributed by atoms with Crippen LogP contribution in [0.5, 0.6) is 0 Å². The maximum absolute atomic E-state index is 8.74. The summed E-state index contributed by atoms with van der Waals surface area (Å²) in [5.41, 5.74) is 0. The number of hydrogen-bond acceptors (Lipinski definition) is 2.